The summed E-state index contributed by atoms with van der Waals surface area (Å²) in [6.45, 7) is 1.76. The Hall–Kier alpha value is -3.53. The lowest BCUT2D eigenvalue weighted by Gasteiger charge is -2.06. The number of esters is 1. The minimum atomic E-state index is -4.40. The van der Waals surface area contributed by atoms with Gasteiger partial charge in [-0.25, -0.2) is 4.79 Å². The summed E-state index contributed by atoms with van der Waals surface area (Å²) in [6.07, 6.45) is 0.373. The molecule has 1 heterocycles. The molecule has 0 atom stereocenters. The van der Waals surface area contributed by atoms with Gasteiger partial charge >= 0.3 is 12.1 Å². The topological polar surface area (TPSA) is 52.3 Å². The van der Waals surface area contributed by atoms with Gasteiger partial charge in [-0.15, -0.1) is 0 Å². The third kappa shape index (κ3) is 5.64. The Balaban J connectivity index is 1.36. The summed E-state index contributed by atoms with van der Waals surface area (Å²) in [6, 6.07) is 11.4. The molecule has 0 radical (unpaired) electrons. The summed E-state index contributed by atoms with van der Waals surface area (Å²) in [4.78, 5) is 12.4. The van der Waals surface area contributed by atoms with Crippen LogP contribution >= 0.6 is 0 Å². The molecular formula is C26H22F3NO3. The molecule has 1 saturated carbocycles. The number of rotatable bonds is 4. The minimum absolute atomic E-state index is 0.144. The molecule has 0 saturated heterocycles. The predicted molar refractivity (Wildman–Crippen MR) is 116 cm³/mol. The van der Waals surface area contributed by atoms with Gasteiger partial charge in [0.1, 0.15) is 5.69 Å². The van der Waals surface area contributed by atoms with Gasteiger partial charge in [0, 0.05) is 23.1 Å². The van der Waals surface area contributed by atoms with Gasteiger partial charge in [0.25, 0.3) is 0 Å². The van der Waals surface area contributed by atoms with Crippen molar-refractivity contribution < 1.29 is 27.2 Å². The maximum Gasteiger partial charge on any atom is 0.416 e. The van der Waals surface area contributed by atoms with Gasteiger partial charge in [-0.2, -0.15) is 13.2 Å². The summed E-state index contributed by atoms with van der Waals surface area (Å²) in [5.41, 5.74) is 2.29. The molecule has 0 unspecified atom stereocenters. The number of alkyl halides is 3. The van der Waals surface area contributed by atoms with E-state index < -0.39 is 17.7 Å². The number of ether oxygens (including phenoxy) is 1. The summed E-state index contributed by atoms with van der Waals surface area (Å²) < 4.78 is 48.6. The molecule has 0 spiro atoms. The Labute approximate surface area is 189 Å². The summed E-state index contributed by atoms with van der Waals surface area (Å²) in [5.74, 6) is 6.77. The summed E-state index contributed by atoms with van der Waals surface area (Å²) >= 11 is 0. The average Bonchev–Trinajstić information content (AvgIpc) is 3.48. The quantitative estimate of drug-likeness (QED) is 0.331. The minimum Gasteiger partial charge on any atom is -0.454 e. The van der Waals surface area contributed by atoms with Crippen LogP contribution in [-0.4, -0.2) is 11.1 Å². The average molecular weight is 453 g/mol. The number of hydrogen-bond donors (Lipinski definition) is 0. The van der Waals surface area contributed by atoms with Gasteiger partial charge in [0.05, 0.1) is 11.1 Å². The van der Waals surface area contributed by atoms with Crippen molar-refractivity contribution in [3.63, 3.8) is 0 Å². The molecule has 4 nitrogen and oxygen atoms in total. The fourth-order valence-corrected chi connectivity index (χ4v) is 3.75. The Morgan fingerprint density at radius 3 is 2.52 bits per heavy atom. The number of nitrogens with zero attached hydrogens (tertiary/aromatic N) is 1. The molecule has 1 aliphatic rings. The fourth-order valence-electron chi connectivity index (χ4n) is 3.75. The summed E-state index contributed by atoms with van der Waals surface area (Å²) in [5, 5.41) is 3.84. The molecule has 0 aliphatic heterocycles. The van der Waals surface area contributed by atoms with Gasteiger partial charge in [-0.05, 0) is 55.7 Å². The highest BCUT2D eigenvalue weighted by molar-refractivity contribution is 5.89. The molecule has 33 heavy (non-hydrogen) atoms. The smallest absolute Gasteiger partial charge is 0.416 e. The van der Waals surface area contributed by atoms with E-state index in [1.165, 1.54) is 31.0 Å². The van der Waals surface area contributed by atoms with Crippen LogP contribution in [0.15, 0.2) is 53.1 Å². The van der Waals surface area contributed by atoms with Crippen LogP contribution in [0.25, 0.3) is 11.3 Å². The van der Waals surface area contributed by atoms with E-state index >= 15 is 0 Å². The Bertz CT molecular complexity index is 1190. The third-order valence-corrected chi connectivity index (χ3v) is 5.64. The van der Waals surface area contributed by atoms with E-state index in [0.717, 1.165) is 36.1 Å². The highest BCUT2D eigenvalue weighted by Crippen LogP contribution is 2.31. The molecule has 0 N–H and O–H groups in total. The van der Waals surface area contributed by atoms with Gasteiger partial charge in [0.15, 0.2) is 12.4 Å². The second kappa shape index (κ2) is 9.53. The molecule has 0 amide bonds. The van der Waals surface area contributed by atoms with E-state index in [9.17, 15) is 18.0 Å². The van der Waals surface area contributed by atoms with Crippen LogP contribution in [0.2, 0.25) is 0 Å². The van der Waals surface area contributed by atoms with Crippen molar-refractivity contribution in [1.29, 1.82) is 0 Å². The van der Waals surface area contributed by atoms with E-state index in [0.29, 0.717) is 22.7 Å². The Morgan fingerprint density at radius 1 is 1.12 bits per heavy atom. The molecule has 3 aromatic rings. The fraction of sp³-hybridized carbons (Fsp3) is 0.308. The zero-order chi connectivity index (χ0) is 23.4. The van der Waals surface area contributed by atoms with Crippen molar-refractivity contribution in [2.45, 2.75) is 45.4 Å². The zero-order valence-corrected chi connectivity index (χ0v) is 18.0. The first kappa shape index (κ1) is 22.7. The molecule has 1 fully saturated rings. The Kier molecular flexibility index (Phi) is 6.55. The molecule has 0 bridgehead atoms. The number of carbonyl (C=O) groups excluding carboxylic acids is 1. The van der Waals surface area contributed by atoms with Crippen molar-refractivity contribution in [3.05, 3.63) is 76.5 Å². The standard InChI is InChI=1S/C26H22F3NO3/c1-17-14-21(9-8-19(17)7-6-18-4-2-3-5-18)25(31)32-16-23-15-24(30-33-23)20-10-12-22(13-11-20)26(27,28)29/h8-15,18H,2-5,16H2,1H3. The maximum absolute atomic E-state index is 12.7. The van der Waals surface area contributed by atoms with Crippen LogP contribution in [0, 0.1) is 24.7 Å². The van der Waals surface area contributed by atoms with E-state index in [-0.39, 0.29) is 12.4 Å². The largest absolute Gasteiger partial charge is 0.454 e. The monoisotopic (exact) mass is 453 g/mol. The molecule has 1 aromatic heterocycles. The first-order valence-corrected chi connectivity index (χ1v) is 10.7. The lowest BCUT2D eigenvalue weighted by molar-refractivity contribution is -0.137. The van der Waals surface area contributed by atoms with Gasteiger partial charge in [0.2, 0.25) is 0 Å². The van der Waals surface area contributed by atoms with Gasteiger partial charge in [-0.3, -0.25) is 0 Å². The molecule has 2 aromatic carbocycles. The van der Waals surface area contributed by atoms with Crippen molar-refractivity contribution in [1.82, 2.24) is 5.16 Å². The number of carbonyl (C=O) groups is 1. The van der Waals surface area contributed by atoms with Crippen molar-refractivity contribution >= 4 is 5.97 Å². The number of benzene rings is 2. The first-order chi connectivity index (χ1) is 15.8. The van der Waals surface area contributed by atoms with Crippen molar-refractivity contribution in [2.75, 3.05) is 0 Å². The lowest BCUT2D eigenvalue weighted by Crippen LogP contribution is -2.05. The van der Waals surface area contributed by atoms with E-state index in [1.54, 1.807) is 12.1 Å². The van der Waals surface area contributed by atoms with E-state index in [1.807, 2.05) is 13.0 Å². The second-order valence-electron chi connectivity index (χ2n) is 8.11. The second-order valence-corrected chi connectivity index (χ2v) is 8.11. The van der Waals surface area contributed by atoms with Crippen LogP contribution in [0.1, 0.15) is 58.5 Å². The van der Waals surface area contributed by atoms with Gasteiger partial charge in [-0.1, -0.05) is 42.0 Å². The van der Waals surface area contributed by atoms with E-state index in [2.05, 4.69) is 17.0 Å². The zero-order valence-electron chi connectivity index (χ0n) is 18.0. The number of aromatic nitrogens is 1. The number of hydrogen-bond acceptors (Lipinski definition) is 4. The predicted octanol–water partition coefficient (Wildman–Crippen LogP) is 6.57. The maximum atomic E-state index is 12.7. The van der Waals surface area contributed by atoms with Crippen LogP contribution < -0.4 is 0 Å². The molecule has 170 valence electrons. The van der Waals surface area contributed by atoms with Crippen LogP contribution in [0.3, 0.4) is 0 Å². The Morgan fingerprint density at radius 2 is 1.85 bits per heavy atom. The summed E-state index contributed by atoms with van der Waals surface area (Å²) in [7, 11) is 0. The molecule has 4 rings (SSSR count). The van der Waals surface area contributed by atoms with Crippen LogP contribution in [0.4, 0.5) is 13.2 Å². The number of aryl methyl sites for hydroxylation is 1. The lowest BCUT2D eigenvalue weighted by atomic mass is 10.0. The van der Waals surface area contributed by atoms with Crippen LogP contribution in [0.5, 0.6) is 0 Å². The van der Waals surface area contributed by atoms with Crippen LogP contribution in [-0.2, 0) is 17.5 Å². The normalized spacial score (nSPS) is 14.1. The SMILES string of the molecule is Cc1cc(C(=O)OCc2cc(-c3ccc(C(F)(F)F)cc3)no2)ccc1C#CC1CCCC1. The number of halogens is 3. The third-order valence-electron chi connectivity index (χ3n) is 5.64. The highest BCUT2D eigenvalue weighted by atomic mass is 19.4. The van der Waals surface area contributed by atoms with Gasteiger partial charge < -0.3 is 9.26 Å². The van der Waals surface area contributed by atoms with E-state index in [4.69, 9.17) is 9.26 Å². The van der Waals surface area contributed by atoms with Crippen molar-refractivity contribution in [3.8, 4) is 23.1 Å². The first-order valence-electron chi connectivity index (χ1n) is 10.7. The highest BCUT2D eigenvalue weighted by Gasteiger charge is 2.30. The molecular weight excluding hydrogens is 431 g/mol. The van der Waals surface area contributed by atoms with Crippen molar-refractivity contribution in [2.24, 2.45) is 5.92 Å². The molecule has 7 heteroatoms. The molecule has 1 aliphatic carbocycles.